The highest BCUT2D eigenvalue weighted by atomic mass is 16.5. The molecule has 0 bridgehead atoms. The number of H-pyrrole nitrogens is 1. The third-order valence-corrected chi connectivity index (χ3v) is 6.16. The molecule has 2 N–H and O–H groups in total. The zero-order valence-electron chi connectivity index (χ0n) is 21.7. The molecular formula is C31H34N4O2. The molecule has 6 nitrogen and oxygen atoms in total. The number of benzene rings is 3. The molecule has 4 rings (SSSR count). The van der Waals surface area contributed by atoms with Crippen LogP contribution in [0.4, 0.5) is 0 Å². The molecule has 190 valence electrons. The van der Waals surface area contributed by atoms with Crippen LogP contribution in [-0.2, 0) is 4.79 Å². The van der Waals surface area contributed by atoms with Crippen molar-refractivity contribution in [2.24, 2.45) is 0 Å². The van der Waals surface area contributed by atoms with E-state index in [1.165, 1.54) is 16.7 Å². The number of nitrogens with one attached hydrogen (secondary N) is 2. The molecule has 0 aliphatic rings. The lowest BCUT2D eigenvalue weighted by atomic mass is 9.88. The van der Waals surface area contributed by atoms with E-state index in [0.29, 0.717) is 19.7 Å². The summed E-state index contributed by atoms with van der Waals surface area (Å²) >= 11 is 0. The molecule has 4 aromatic rings. The van der Waals surface area contributed by atoms with Crippen LogP contribution >= 0.6 is 0 Å². The fraction of sp³-hybridized carbons (Fsp3) is 0.226. The largest absolute Gasteiger partial charge is 0.492 e. The number of nitrogens with zero attached hydrogens (tertiary/aromatic N) is 2. The average Bonchev–Trinajstić information content (AvgIpc) is 3.40. The number of fused-ring (bicyclic) bond motifs is 1. The van der Waals surface area contributed by atoms with Crippen molar-refractivity contribution < 1.29 is 9.53 Å². The molecule has 0 aliphatic heterocycles. The van der Waals surface area contributed by atoms with E-state index in [1.54, 1.807) is 25.1 Å². The molecule has 0 unspecified atom stereocenters. The molecule has 1 aromatic heterocycles. The van der Waals surface area contributed by atoms with E-state index in [2.05, 4.69) is 83.1 Å². The predicted molar refractivity (Wildman–Crippen MR) is 151 cm³/mol. The van der Waals surface area contributed by atoms with Crippen LogP contribution in [0.5, 0.6) is 5.75 Å². The van der Waals surface area contributed by atoms with E-state index < -0.39 is 0 Å². The Labute approximate surface area is 218 Å². The molecule has 0 spiro atoms. The minimum atomic E-state index is -0.0188. The Hall–Kier alpha value is -4.16. The summed E-state index contributed by atoms with van der Waals surface area (Å²) < 4.78 is 5.94. The first-order valence-electron chi connectivity index (χ1n) is 12.6. The molecule has 0 saturated carbocycles. The van der Waals surface area contributed by atoms with Crippen LogP contribution in [0.1, 0.15) is 30.0 Å². The molecule has 0 atom stereocenters. The molecule has 3 aromatic carbocycles. The molecule has 0 saturated heterocycles. The number of aromatic nitrogens is 2. The Kier molecular flexibility index (Phi) is 8.89. The number of amides is 1. The highest BCUT2D eigenvalue weighted by Gasteiger charge is 2.14. The van der Waals surface area contributed by atoms with Crippen LogP contribution < -0.4 is 10.1 Å². The third kappa shape index (κ3) is 6.74. The van der Waals surface area contributed by atoms with Crippen molar-refractivity contribution in [3.63, 3.8) is 0 Å². The van der Waals surface area contributed by atoms with Crippen molar-refractivity contribution in [1.29, 1.82) is 0 Å². The SMILES string of the molecule is CCC(=C(c1ccc(OCCNC/C=C/C(=O)N(C)C)cc1)c1ccc2[nH]ncc2c1)c1ccccc1. The van der Waals surface area contributed by atoms with Gasteiger partial charge >= 0.3 is 0 Å². The van der Waals surface area contributed by atoms with E-state index in [0.717, 1.165) is 34.2 Å². The smallest absolute Gasteiger partial charge is 0.245 e. The maximum absolute atomic E-state index is 11.5. The number of likely N-dealkylation sites (N-methyl/N-ethyl adjacent to an activating group) is 1. The van der Waals surface area contributed by atoms with Gasteiger partial charge in [-0.25, -0.2) is 0 Å². The lowest BCUT2D eigenvalue weighted by Crippen LogP contribution is -2.22. The van der Waals surface area contributed by atoms with Gasteiger partial charge in [0.2, 0.25) is 5.91 Å². The highest BCUT2D eigenvalue weighted by Crippen LogP contribution is 2.36. The Morgan fingerprint density at radius 1 is 1.00 bits per heavy atom. The lowest BCUT2D eigenvalue weighted by Gasteiger charge is -2.17. The van der Waals surface area contributed by atoms with E-state index in [4.69, 9.17) is 4.74 Å². The Bertz CT molecular complexity index is 1370. The van der Waals surface area contributed by atoms with E-state index in [-0.39, 0.29) is 5.91 Å². The second-order valence-electron chi connectivity index (χ2n) is 8.96. The summed E-state index contributed by atoms with van der Waals surface area (Å²) in [6, 6.07) is 25.3. The standard InChI is InChI=1S/C31H34N4O2/c1-4-28(23-9-6-5-7-10-23)31(25-14-17-29-26(21-25)22-33-34-29)24-12-15-27(16-13-24)37-20-19-32-18-8-11-30(36)35(2)3/h5-17,21-22,32H,4,18-20H2,1-3H3,(H,33,34)/b11-8+,31-28?. The molecular weight excluding hydrogens is 460 g/mol. The number of hydrogen-bond donors (Lipinski definition) is 2. The molecule has 1 amide bonds. The summed E-state index contributed by atoms with van der Waals surface area (Å²) in [4.78, 5) is 13.1. The number of hydrogen-bond acceptors (Lipinski definition) is 4. The fourth-order valence-electron chi connectivity index (χ4n) is 4.23. The maximum atomic E-state index is 11.5. The van der Waals surface area contributed by atoms with E-state index >= 15 is 0 Å². The number of carbonyl (C=O) groups excluding carboxylic acids is 1. The van der Waals surface area contributed by atoms with Gasteiger partial charge in [0.05, 0.1) is 11.7 Å². The fourth-order valence-corrected chi connectivity index (χ4v) is 4.23. The van der Waals surface area contributed by atoms with Gasteiger partial charge in [0, 0.05) is 38.6 Å². The highest BCUT2D eigenvalue weighted by molar-refractivity contribution is 6.00. The second kappa shape index (κ2) is 12.7. The summed E-state index contributed by atoms with van der Waals surface area (Å²) in [5.41, 5.74) is 7.06. The van der Waals surface area contributed by atoms with Gasteiger partial charge in [0.25, 0.3) is 0 Å². The number of allylic oxidation sites excluding steroid dienone is 1. The van der Waals surface area contributed by atoms with Gasteiger partial charge < -0.3 is 15.0 Å². The Morgan fingerprint density at radius 2 is 1.76 bits per heavy atom. The summed E-state index contributed by atoms with van der Waals surface area (Å²) in [6.45, 7) is 4.05. The molecule has 0 fully saturated rings. The van der Waals surface area contributed by atoms with Crippen LogP contribution in [-0.4, -0.2) is 54.8 Å². The summed E-state index contributed by atoms with van der Waals surface area (Å²) in [6.07, 6.45) is 6.17. The first-order valence-corrected chi connectivity index (χ1v) is 12.6. The lowest BCUT2D eigenvalue weighted by molar-refractivity contribution is -0.123. The van der Waals surface area contributed by atoms with Gasteiger partial charge in [0.15, 0.2) is 0 Å². The van der Waals surface area contributed by atoms with E-state index in [1.807, 2.05) is 24.4 Å². The van der Waals surface area contributed by atoms with Crippen LogP contribution in [0.15, 0.2) is 91.1 Å². The topological polar surface area (TPSA) is 70.2 Å². The van der Waals surface area contributed by atoms with Crippen LogP contribution in [0.3, 0.4) is 0 Å². The zero-order chi connectivity index (χ0) is 26.0. The van der Waals surface area contributed by atoms with Crippen LogP contribution in [0, 0.1) is 0 Å². The molecule has 6 heteroatoms. The first kappa shape index (κ1) is 25.9. The van der Waals surface area contributed by atoms with Gasteiger partial charge in [-0.2, -0.15) is 5.10 Å². The zero-order valence-corrected chi connectivity index (χ0v) is 21.7. The normalized spacial score (nSPS) is 12.1. The van der Waals surface area contributed by atoms with Crippen molar-refractivity contribution in [2.45, 2.75) is 13.3 Å². The Morgan fingerprint density at radius 3 is 2.49 bits per heavy atom. The summed E-state index contributed by atoms with van der Waals surface area (Å²) in [5, 5.41) is 11.6. The van der Waals surface area contributed by atoms with Crippen LogP contribution in [0.2, 0.25) is 0 Å². The number of carbonyl (C=O) groups is 1. The minimum Gasteiger partial charge on any atom is -0.492 e. The number of aromatic amines is 1. The maximum Gasteiger partial charge on any atom is 0.245 e. The molecule has 37 heavy (non-hydrogen) atoms. The predicted octanol–water partition coefficient (Wildman–Crippen LogP) is 5.54. The van der Waals surface area contributed by atoms with Gasteiger partial charge in [-0.05, 0) is 58.5 Å². The number of rotatable bonds is 11. The van der Waals surface area contributed by atoms with E-state index in [9.17, 15) is 4.79 Å². The van der Waals surface area contributed by atoms with Gasteiger partial charge in [-0.3, -0.25) is 9.89 Å². The minimum absolute atomic E-state index is 0.0188. The average molecular weight is 495 g/mol. The third-order valence-electron chi connectivity index (χ3n) is 6.16. The summed E-state index contributed by atoms with van der Waals surface area (Å²) in [7, 11) is 3.47. The molecule has 0 radical (unpaired) electrons. The van der Waals surface area contributed by atoms with Crippen molar-refractivity contribution >= 4 is 28.0 Å². The molecule has 1 heterocycles. The summed E-state index contributed by atoms with van der Waals surface area (Å²) in [5.74, 6) is 0.806. The molecule has 0 aliphatic carbocycles. The quantitative estimate of drug-likeness (QED) is 0.163. The van der Waals surface area contributed by atoms with Crippen molar-refractivity contribution in [2.75, 3.05) is 33.8 Å². The second-order valence-corrected chi connectivity index (χ2v) is 8.96. The van der Waals surface area contributed by atoms with Gasteiger partial charge in [-0.1, -0.05) is 61.5 Å². The first-order chi connectivity index (χ1) is 18.1. The van der Waals surface area contributed by atoms with Crippen molar-refractivity contribution in [3.8, 4) is 5.75 Å². The van der Waals surface area contributed by atoms with Crippen LogP contribution in [0.25, 0.3) is 22.0 Å². The van der Waals surface area contributed by atoms with Gasteiger partial charge in [-0.15, -0.1) is 0 Å². The van der Waals surface area contributed by atoms with Gasteiger partial charge in [0.1, 0.15) is 12.4 Å². The number of ether oxygens (including phenoxy) is 1. The van der Waals surface area contributed by atoms with Crippen molar-refractivity contribution in [3.05, 3.63) is 108 Å². The monoisotopic (exact) mass is 494 g/mol. The Balaban J connectivity index is 1.50. The van der Waals surface area contributed by atoms with Crippen molar-refractivity contribution in [1.82, 2.24) is 20.4 Å².